The maximum atomic E-state index is 13.2. The van der Waals surface area contributed by atoms with Crippen LogP contribution in [0, 0.1) is 28.6 Å². The zero-order chi connectivity index (χ0) is 22.1. The molecule has 2 rings (SSSR count). The molecule has 0 saturated carbocycles. The average Bonchev–Trinajstić information content (AvgIpc) is 3.22. The van der Waals surface area contributed by atoms with Gasteiger partial charge >= 0.3 is 11.8 Å². The molecule has 2 amide bonds. The molecule has 1 fully saturated rings. The van der Waals surface area contributed by atoms with Crippen molar-refractivity contribution in [2.45, 2.75) is 45.2 Å². The van der Waals surface area contributed by atoms with E-state index in [9.17, 15) is 14.9 Å². The number of carbonyl (C=O) groups is 2. The number of nitriles is 2. The van der Waals surface area contributed by atoms with Crippen molar-refractivity contribution < 1.29 is 14.1 Å². The number of hydrogen-bond acceptors (Lipinski definition) is 8. The number of nitrogens with one attached hydrogen (secondary N) is 2. The Morgan fingerprint density at radius 3 is 2.73 bits per heavy atom. The molecule has 1 aliphatic rings. The van der Waals surface area contributed by atoms with Gasteiger partial charge in [0, 0.05) is 32.1 Å². The number of hydrogen-bond donors (Lipinski definition) is 3. The Hall–Kier alpha value is -2.85. The number of carbonyl (C=O) groups excluding carboxylic acids is 2. The van der Waals surface area contributed by atoms with Crippen LogP contribution in [0.5, 0.6) is 0 Å². The Balaban J connectivity index is 1.95. The Morgan fingerprint density at radius 1 is 1.37 bits per heavy atom. The standard InChI is InChI=1S/C21H30N7O2/c1-3-15(2)20(24)21(30)28(10-4-5-17(28)12-23)19(29)14-25-8-9-26-18-7-6-16(11-22)13-27-18/h6-7,13,15,17,20,25H,3-5,8-10,14,24H2,1-2H3,(H,26,27)/q+1/t15-,17?,20+,28?/m1/s1. The second-order valence-electron chi connectivity index (χ2n) is 7.67. The molecule has 4 N–H and O–H groups in total. The lowest BCUT2D eigenvalue weighted by Crippen LogP contribution is -2.66. The minimum absolute atomic E-state index is 0.0143. The molecule has 1 aromatic heterocycles. The van der Waals surface area contributed by atoms with Gasteiger partial charge in [0.1, 0.15) is 30.5 Å². The molecule has 1 aliphatic heterocycles. The summed E-state index contributed by atoms with van der Waals surface area (Å²) in [5.41, 5.74) is 6.65. The number of nitrogens with zero attached hydrogens (tertiary/aromatic N) is 4. The fourth-order valence-corrected chi connectivity index (χ4v) is 3.70. The zero-order valence-electron chi connectivity index (χ0n) is 17.6. The normalized spacial score (nSPS) is 22.5. The number of pyridine rings is 1. The maximum absolute atomic E-state index is 13.2. The molecule has 0 aliphatic carbocycles. The van der Waals surface area contributed by atoms with Gasteiger partial charge in [-0.25, -0.2) is 14.6 Å². The predicted molar refractivity (Wildman–Crippen MR) is 112 cm³/mol. The summed E-state index contributed by atoms with van der Waals surface area (Å²) in [7, 11) is 0. The molecular weight excluding hydrogens is 382 g/mol. The lowest BCUT2D eigenvalue weighted by atomic mass is 9.97. The van der Waals surface area contributed by atoms with E-state index in [-0.39, 0.29) is 24.3 Å². The van der Waals surface area contributed by atoms with Crippen LogP contribution in [-0.4, -0.2) is 59.5 Å². The number of rotatable bonds is 9. The van der Waals surface area contributed by atoms with Crippen molar-refractivity contribution >= 4 is 17.6 Å². The quantitative estimate of drug-likeness (QED) is 0.400. The van der Waals surface area contributed by atoms with E-state index in [1.54, 1.807) is 12.1 Å². The molecular formula is C21H30N7O2+. The Morgan fingerprint density at radius 2 is 2.13 bits per heavy atom. The number of aromatic nitrogens is 1. The summed E-state index contributed by atoms with van der Waals surface area (Å²) in [4.78, 5) is 30.4. The van der Waals surface area contributed by atoms with E-state index < -0.39 is 16.6 Å². The van der Waals surface area contributed by atoms with Crippen LogP contribution in [0.25, 0.3) is 0 Å². The molecule has 0 aromatic carbocycles. The third-order valence-electron chi connectivity index (χ3n) is 5.83. The van der Waals surface area contributed by atoms with E-state index in [1.807, 2.05) is 19.9 Å². The molecule has 30 heavy (non-hydrogen) atoms. The first-order valence-electron chi connectivity index (χ1n) is 10.3. The Labute approximate surface area is 177 Å². The highest BCUT2D eigenvalue weighted by atomic mass is 16.2. The SMILES string of the molecule is CC[C@@H](C)[C@H](N)C(=O)[N+]1(C(=O)CNCCNc2ccc(C#N)cn2)CCCC1C#N. The zero-order valence-corrected chi connectivity index (χ0v) is 17.6. The molecule has 9 heteroatoms. The second kappa shape index (κ2) is 10.8. The van der Waals surface area contributed by atoms with Crippen molar-refractivity contribution in [3.63, 3.8) is 0 Å². The lowest BCUT2D eigenvalue weighted by Gasteiger charge is -2.34. The van der Waals surface area contributed by atoms with Crippen molar-refractivity contribution in [2.24, 2.45) is 11.7 Å². The van der Waals surface area contributed by atoms with Crippen LogP contribution in [-0.2, 0) is 9.59 Å². The van der Waals surface area contributed by atoms with Crippen molar-refractivity contribution in [3.05, 3.63) is 23.9 Å². The fraction of sp³-hybridized carbons (Fsp3) is 0.571. The van der Waals surface area contributed by atoms with E-state index >= 15 is 0 Å². The molecule has 2 unspecified atom stereocenters. The van der Waals surface area contributed by atoms with Gasteiger partial charge in [-0.05, 0) is 18.1 Å². The number of imide groups is 1. The van der Waals surface area contributed by atoms with Crippen LogP contribution in [0.2, 0.25) is 0 Å². The van der Waals surface area contributed by atoms with E-state index in [1.165, 1.54) is 6.20 Å². The predicted octanol–water partition coefficient (Wildman–Crippen LogP) is 0.884. The molecule has 4 atom stereocenters. The van der Waals surface area contributed by atoms with E-state index in [4.69, 9.17) is 11.0 Å². The molecule has 1 saturated heterocycles. The van der Waals surface area contributed by atoms with Crippen LogP contribution >= 0.6 is 0 Å². The molecule has 2 heterocycles. The Kier molecular flexibility index (Phi) is 8.43. The van der Waals surface area contributed by atoms with Crippen LogP contribution in [0.1, 0.15) is 38.7 Å². The second-order valence-corrected chi connectivity index (χ2v) is 7.67. The maximum Gasteiger partial charge on any atom is 0.339 e. The van der Waals surface area contributed by atoms with Gasteiger partial charge < -0.3 is 16.4 Å². The number of anilines is 1. The summed E-state index contributed by atoms with van der Waals surface area (Å²) < 4.78 is -0.473. The molecule has 9 nitrogen and oxygen atoms in total. The van der Waals surface area contributed by atoms with E-state index in [2.05, 4.69) is 21.7 Å². The average molecular weight is 413 g/mol. The first-order chi connectivity index (χ1) is 14.4. The van der Waals surface area contributed by atoms with Gasteiger partial charge in [0.2, 0.25) is 0 Å². The largest absolute Gasteiger partial charge is 0.369 e. The summed E-state index contributed by atoms with van der Waals surface area (Å²) in [5.74, 6) is -0.0823. The molecule has 0 bridgehead atoms. The molecule has 1 aromatic rings. The van der Waals surface area contributed by atoms with Gasteiger partial charge in [0.05, 0.1) is 12.1 Å². The van der Waals surface area contributed by atoms with Gasteiger partial charge in [-0.3, -0.25) is 0 Å². The third kappa shape index (κ3) is 5.00. The summed E-state index contributed by atoms with van der Waals surface area (Å²) in [6, 6.07) is 6.11. The van der Waals surface area contributed by atoms with Crippen LogP contribution in [0.15, 0.2) is 18.3 Å². The van der Waals surface area contributed by atoms with Gasteiger partial charge in [-0.15, -0.1) is 0 Å². The third-order valence-corrected chi connectivity index (χ3v) is 5.83. The topological polar surface area (TPSA) is 145 Å². The minimum atomic E-state index is -0.767. The number of quaternary nitrogens is 1. The monoisotopic (exact) mass is 412 g/mol. The van der Waals surface area contributed by atoms with Gasteiger partial charge in [-0.1, -0.05) is 20.3 Å². The van der Waals surface area contributed by atoms with Crippen LogP contribution in [0.4, 0.5) is 5.82 Å². The van der Waals surface area contributed by atoms with Crippen LogP contribution in [0.3, 0.4) is 0 Å². The van der Waals surface area contributed by atoms with Crippen molar-refractivity contribution in [1.82, 2.24) is 10.3 Å². The number of likely N-dealkylation sites (tertiary alicyclic amines) is 1. The van der Waals surface area contributed by atoms with Gasteiger partial charge in [-0.2, -0.15) is 15.0 Å². The number of amides is 2. The molecule has 0 radical (unpaired) electrons. The van der Waals surface area contributed by atoms with E-state index in [0.717, 1.165) is 6.42 Å². The van der Waals surface area contributed by atoms with Gasteiger partial charge in [0.15, 0.2) is 6.04 Å². The summed E-state index contributed by atoms with van der Waals surface area (Å²) in [6.45, 7) is 5.13. The first kappa shape index (κ1) is 23.4. The van der Waals surface area contributed by atoms with Crippen LogP contribution < -0.4 is 16.4 Å². The van der Waals surface area contributed by atoms with Crippen molar-refractivity contribution in [1.29, 1.82) is 10.5 Å². The summed E-state index contributed by atoms with van der Waals surface area (Å²) in [6.07, 6.45) is 3.38. The van der Waals surface area contributed by atoms with Crippen molar-refractivity contribution in [2.75, 3.05) is 31.5 Å². The lowest BCUT2D eigenvalue weighted by molar-refractivity contribution is -0.783. The Bertz CT molecular complexity index is 827. The highest BCUT2D eigenvalue weighted by Gasteiger charge is 2.56. The van der Waals surface area contributed by atoms with Gasteiger partial charge in [0.25, 0.3) is 0 Å². The smallest absolute Gasteiger partial charge is 0.339 e. The fourth-order valence-electron chi connectivity index (χ4n) is 3.70. The summed E-state index contributed by atoms with van der Waals surface area (Å²) >= 11 is 0. The summed E-state index contributed by atoms with van der Waals surface area (Å²) in [5, 5.41) is 24.5. The molecule has 160 valence electrons. The van der Waals surface area contributed by atoms with E-state index in [0.29, 0.717) is 43.9 Å². The highest BCUT2D eigenvalue weighted by Crippen LogP contribution is 2.30. The number of nitrogens with two attached hydrogens (primary N) is 1. The highest BCUT2D eigenvalue weighted by molar-refractivity contribution is 5.89. The minimum Gasteiger partial charge on any atom is -0.369 e. The van der Waals surface area contributed by atoms with Crippen molar-refractivity contribution in [3.8, 4) is 12.1 Å². The molecule has 0 spiro atoms. The first-order valence-corrected chi connectivity index (χ1v) is 10.3.